The molecule has 1 aliphatic rings. The third kappa shape index (κ3) is 5.37. The van der Waals surface area contributed by atoms with Crippen LogP contribution in [0.15, 0.2) is 90.1 Å². The van der Waals surface area contributed by atoms with Gasteiger partial charge in [-0.05, 0) is 60.2 Å². The zero-order chi connectivity index (χ0) is 30.9. The van der Waals surface area contributed by atoms with Gasteiger partial charge < -0.3 is 15.2 Å². The zero-order valence-electron chi connectivity index (χ0n) is 24.6. The van der Waals surface area contributed by atoms with Gasteiger partial charge in [-0.15, -0.1) is 0 Å². The first-order valence-electron chi connectivity index (χ1n) is 14.5. The van der Waals surface area contributed by atoms with Gasteiger partial charge in [0, 0.05) is 64.0 Å². The Balaban J connectivity index is 1.19. The van der Waals surface area contributed by atoms with Gasteiger partial charge in [0.1, 0.15) is 23.2 Å². The molecule has 5 aromatic heterocycles. The molecule has 1 fully saturated rings. The molecule has 0 spiro atoms. The molecule has 2 N–H and O–H groups in total. The molecule has 0 amide bonds. The van der Waals surface area contributed by atoms with Crippen LogP contribution in [0.2, 0.25) is 0 Å². The Hall–Kier alpha value is -5.93. The molecule has 12 nitrogen and oxygen atoms in total. The SMILES string of the molecule is Cn1cccc(-c2ccc3nc(-c4cccnc4N)n(-c4ccc(CN5CCN(c6ccnc(C#N)n6)CC5)cc4)c3n2)c1=O. The van der Waals surface area contributed by atoms with Crippen LogP contribution in [0.5, 0.6) is 0 Å². The molecular formula is C33H29N11O. The highest BCUT2D eigenvalue weighted by Gasteiger charge is 2.21. The van der Waals surface area contributed by atoms with E-state index in [9.17, 15) is 4.79 Å². The lowest BCUT2D eigenvalue weighted by atomic mass is 10.1. The number of rotatable bonds is 6. The van der Waals surface area contributed by atoms with E-state index < -0.39 is 0 Å². The number of benzene rings is 1. The van der Waals surface area contributed by atoms with Crippen LogP contribution in [-0.2, 0) is 13.6 Å². The predicted molar refractivity (Wildman–Crippen MR) is 171 cm³/mol. The number of piperazine rings is 1. The van der Waals surface area contributed by atoms with Crippen molar-refractivity contribution in [1.82, 2.24) is 39.0 Å². The van der Waals surface area contributed by atoms with Gasteiger partial charge in [0.05, 0.1) is 16.8 Å². The van der Waals surface area contributed by atoms with Gasteiger partial charge in [-0.25, -0.2) is 24.9 Å². The fourth-order valence-corrected chi connectivity index (χ4v) is 5.65. The van der Waals surface area contributed by atoms with Crippen molar-refractivity contribution in [2.75, 3.05) is 36.8 Å². The van der Waals surface area contributed by atoms with Crippen LogP contribution in [0, 0.1) is 11.3 Å². The number of nitriles is 1. The lowest BCUT2D eigenvalue weighted by Crippen LogP contribution is -2.46. The van der Waals surface area contributed by atoms with Gasteiger partial charge >= 0.3 is 0 Å². The van der Waals surface area contributed by atoms with Crippen LogP contribution in [0.25, 0.3) is 39.5 Å². The van der Waals surface area contributed by atoms with Crippen LogP contribution in [0.3, 0.4) is 0 Å². The number of nitrogens with zero attached hydrogens (tertiary/aromatic N) is 10. The molecule has 0 atom stereocenters. The van der Waals surface area contributed by atoms with Crippen molar-refractivity contribution in [2.45, 2.75) is 6.54 Å². The normalized spacial score (nSPS) is 13.6. The van der Waals surface area contributed by atoms with Crippen molar-refractivity contribution in [3.8, 4) is 34.4 Å². The highest BCUT2D eigenvalue weighted by atomic mass is 16.1. The summed E-state index contributed by atoms with van der Waals surface area (Å²) in [5.41, 5.74) is 11.3. The molecule has 45 heavy (non-hydrogen) atoms. The van der Waals surface area contributed by atoms with Gasteiger partial charge in [-0.1, -0.05) is 12.1 Å². The van der Waals surface area contributed by atoms with Crippen LogP contribution >= 0.6 is 0 Å². The van der Waals surface area contributed by atoms with Gasteiger partial charge in [-0.3, -0.25) is 14.3 Å². The summed E-state index contributed by atoms with van der Waals surface area (Å²) in [7, 11) is 1.73. The number of pyridine rings is 3. The van der Waals surface area contributed by atoms with Crippen LogP contribution in [0.1, 0.15) is 11.4 Å². The number of nitrogen functional groups attached to an aromatic ring is 1. The molecule has 12 heteroatoms. The average molecular weight is 596 g/mol. The fraction of sp³-hybridized carbons (Fsp3) is 0.182. The molecule has 6 heterocycles. The summed E-state index contributed by atoms with van der Waals surface area (Å²) in [6.45, 7) is 4.17. The summed E-state index contributed by atoms with van der Waals surface area (Å²) < 4.78 is 3.51. The molecule has 0 saturated carbocycles. The van der Waals surface area contributed by atoms with Crippen LogP contribution in [-0.4, -0.2) is 65.1 Å². The van der Waals surface area contributed by atoms with Crippen LogP contribution in [0.4, 0.5) is 11.6 Å². The number of hydrogen-bond acceptors (Lipinski definition) is 10. The standard InChI is InChI=1S/C33H29N11O/c1-41-15-3-5-24(33(41)45)26-10-11-27-32(38-26)44(31(39-27)25-4-2-13-37-30(25)35)23-8-6-22(7-9-23)21-42-16-18-43(19-17-42)29-12-14-36-28(20-34)40-29/h2-15H,16-19,21H2,1H3,(H2,35,37). The molecule has 6 aromatic rings. The number of aromatic nitrogens is 7. The van der Waals surface area contributed by atoms with Gasteiger partial charge in [0.15, 0.2) is 11.5 Å². The molecule has 0 aliphatic carbocycles. The molecule has 1 aromatic carbocycles. The highest BCUT2D eigenvalue weighted by molar-refractivity contribution is 5.84. The van der Waals surface area contributed by atoms with Crippen molar-refractivity contribution < 1.29 is 0 Å². The van der Waals surface area contributed by atoms with E-state index in [0.717, 1.165) is 44.2 Å². The minimum Gasteiger partial charge on any atom is -0.383 e. The zero-order valence-corrected chi connectivity index (χ0v) is 24.6. The minimum atomic E-state index is -0.124. The second-order valence-corrected chi connectivity index (χ2v) is 10.9. The summed E-state index contributed by atoms with van der Waals surface area (Å²) >= 11 is 0. The first-order chi connectivity index (χ1) is 22.0. The van der Waals surface area contributed by atoms with E-state index >= 15 is 0 Å². The molecule has 222 valence electrons. The molecule has 1 saturated heterocycles. The second-order valence-electron chi connectivity index (χ2n) is 10.9. The number of imidazole rings is 1. The number of anilines is 2. The Labute approximate surface area is 258 Å². The van der Waals surface area contributed by atoms with E-state index in [1.54, 1.807) is 36.3 Å². The van der Waals surface area contributed by atoms with E-state index in [2.05, 4.69) is 49.0 Å². The third-order valence-electron chi connectivity index (χ3n) is 8.02. The van der Waals surface area contributed by atoms with Crippen LogP contribution < -0.4 is 16.2 Å². The Morgan fingerprint density at radius 2 is 1.67 bits per heavy atom. The Bertz CT molecular complexity index is 2120. The largest absolute Gasteiger partial charge is 0.383 e. The molecule has 0 unspecified atom stereocenters. The van der Waals surface area contributed by atoms with E-state index in [4.69, 9.17) is 21.0 Å². The Morgan fingerprint density at radius 3 is 2.44 bits per heavy atom. The number of hydrogen-bond donors (Lipinski definition) is 1. The van der Waals surface area contributed by atoms with E-state index in [1.165, 1.54) is 5.56 Å². The van der Waals surface area contributed by atoms with Crippen molar-refractivity contribution in [3.63, 3.8) is 0 Å². The predicted octanol–water partition coefficient (Wildman–Crippen LogP) is 3.41. The van der Waals surface area contributed by atoms with Crippen molar-refractivity contribution in [1.29, 1.82) is 5.26 Å². The molecule has 1 aliphatic heterocycles. The minimum absolute atomic E-state index is 0.124. The molecular weight excluding hydrogens is 566 g/mol. The number of fused-ring (bicyclic) bond motifs is 1. The van der Waals surface area contributed by atoms with Crippen molar-refractivity contribution in [2.24, 2.45) is 7.05 Å². The monoisotopic (exact) mass is 595 g/mol. The molecule has 0 radical (unpaired) electrons. The lowest BCUT2D eigenvalue weighted by molar-refractivity contribution is 0.249. The summed E-state index contributed by atoms with van der Waals surface area (Å²) in [6, 6.07) is 23.2. The second kappa shape index (κ2) is 11.6. The van der Waals surface area contributed by atoms with Gasteiger partial charge in [0.2, 0.25) is 5.82 Å². The maximum Gasteiger partial charge on any atom is 0.259 e. The number of aryl methyl sites for hydroxylation is 1. The topological polar surface area (TPSA) is 148 Å². The maximum atomic E-state index is 12.9. The number of nitrogens with two attached hydrogens (primary N) is 1. The Kier molecular flexibility index (Phi) is 7.20. The summed E-state index contributed by atoms with van der Waals surface area (Å²) in [5.74, 6) is 1.96. The molecule has 0 bridgehead atoms. The quantitative estimate of drug-likeness (QED) is 0.304. The average Bonchev–Trinajstić information content (AvgIpc) is 3.45. The fourth-order valence-electron chi connectivity index (χ4n) is 5.65. The Morgan fingerprint density at radius 1 is 0.867 bits per heavy atom. The maximum absolute atomic E-state index is 12.9. The van der Waals surface area contributed by atoms with E-state index in [-0.39, 0.29) is 11.4 Å². The van der Waals surface area contributed by atoms with Gasteiger partial charge in [0.25, 0.3) is 5.56 Å². The summed E-state index contributed by atoms with van der Waals surface area (Å²) in [4.78, 5) is 39.9. The van der Waals surface area contributed by atoms with Crippen molar-refractivity contribution in [3.05, 3.63) is 107 Å². The van der Waals surface area contributed by atoms with E-state index in [1.807, 2.05) is 47.0 Å². The summed E-state index contributed by atoms with van der Waals surface area (Å²) in [6.07, 6.45) is 5.01. The van der Waals surface area contributed by atoms with E-state index in [0.29, 0.717) is 39.6 Å². The first-order valence-corrected chi connectivity index (χ1v) is 14.5. The summed E-state index contributed by atoms with van der Waals surface area (Å²) in [5, 5.41) is 9.13. The smallest absolute Gasteiger partial charge is 0.259 e. The first kappa shape index (κ1) is 27.9. The highest BCUT2D eigenvalue weighted by Crippen LogP contribution is 2.31. The van der Waals surface area contributed by atoms with Crippen molar-refractivity contribution >= 4 is 22.8 Å². The third-order valence-corrected chi connectivity index (χ3v) is 8.02. The molecule has 7 rings (SSSR count). The lowest BCUT2D eigenvalue weighted by Gasteiger charge is -2.35. The van der Waals surface area contributed by atoms with Gasteiger partial charge in [-0.2, -0.15) is 5.26 Å².